The quantitative estimate of drug-likeness (QED) is 0.464. The standard InChI is InChI=1S/C4H10.C3H8.2C2H6.2H2/c1-3-4-2;1-3-2;2*1-2;;/h3-4H2,1-2H3;3H2,1-2H3;2*1-2H3;2*1H. The molecular weight excluding hydrogens is 132 g/mol. The molecule has 0 N–H and O–H groups in total. The van der Waals surface area contributed by atoms with Crippen LogP contribution in [0.5, 0.6) is 0 Å². The van der Waals surface area contributed by atoms with Crippen molar-refractivity contribution in [2.24, 2.45) is 0 Å². The molecule has 0 rings (SSSR count). The molecule has 11 heavy (non-hydrogen) atoms. The minimum Gasteiger partial charge on any atom is -0.0683 e. The van der Waals surface area contributed by atoms with Gasteiger partial charge in [0.1, 0.15) is 0 Å². The van der Waals surface area contributed by atoms with Crippen LogP contribution in [0.25, 0.3) is 0 Å². The molecule has 0 fully saturated rings. The van der Waals surface area contributed by atoms with Crippen LogP contribution >= 0.6 is 0 Å². The molecule has 0 saturated carbocycles. The zero-order chi connectivity index (χ0) is 10.1. The molecule has 0 aliphatic carbocycles. The van der Waals surface area contributed by atoms with E-state index in [0.717, 1.165) is 0 Å². The second-order valence-corrected chi connectivity index (χ2v) is 1.71. The lowest BCUT2D eigenvalue weighted by atomic mass is 10.4. The molecule has 0 aromatic heterocycles. The summed E-state index contributed by atoms with van der Waals surface area (Å²) >= 11 is 0. The van der Waals surface area contributed by atoms with Gasteiger partial charge in [-0.15, -0.1) is 0 Å². The number of unbranched alkanes of at least 4 members (excludes halogenated alkanes) is 1. The predicted molar refractivity (Wildman–Crippen MR) is 63.5 cm³/mol. The highest BCUT2D eigenvalue weighted by Gasteiger charge is 1.56. The highest BCUT2D eigenvalue weighted by molar-refractivity contribution is 4.12. The molecule has 0 nitrogen and oxygen atoms in total. The maximum absolute atomic E-state index is 2.18. The SMILES string of the molecule is CC.CC.CCC.CCCC.[HH].[HH]. The monoisotopic (exact) mass is 166 g/mol. The Morgan fingerprint density at radius 2 is 0.727 bits per heavy atom. The summed E-state index contributed by atoms with van der Waals surface area (Å²) in [6.45, 7) is 16.6. The van der Waals surface area contributed by atoms with Crippen LogP contribution in [-0.2, 0) is 0 Å². The van der Waals surface area contributed by atoms with Gasteiger partial charge in [-0.3, -0.25) is 0 Å². The van der Waals surface area contributed by atoms with Crippen LogP contribution in [0.4, 0.5) is 0 Å². The van der Waals surface area contributed by atoms with E-state index in [9.17, 15) is 0 Å². The van der Waals surface area contributed by atoms with Gasteiger partial charge < -0.3 is 0 Å². The Kier molecular flexibility index (Phi) is 184. The number of hydrogen-bond donors (Lipinski definition) is 0. The molecule has 0 aromatic rings. The van der Waals surface area contributed by atoms with Gasteiger partial charge in [-0.1, -0.05) is 74.7 Å². The molecule has 0 spiro atoms. The average molecular weight is 166 g/mol. The van der Waals surface area contributed by atoms with Crippen molar-refractivity contribution in [2.75, 3.05) is 0 Å². The highest BCUT2D eigenvalue weighted by Crippen LogP contribution is 1.76. The van der Waals surface area contributed by atoms with Crippen LogP contribution in [0, 0.1) is 0 Å². The molecule has 0 bridgehead atoms. The molecule has 0 aromatic carbocycles. The van der Waals surface area contributed by atoms with Crippen LogP contribution in [0.15, 0.2) is 0 Å². The van der Waals surface area contributed by atoms with Crippen molar-refractivity contribution in [3.63, 3.8) is 0 Å². The van der Waals surface area contributed by atoms with Gasteiger partial charge in [0.05, 0.1) is 0 Å². The Morgan fingerprint density at radius 1 is 0.636 bits per heavy atom. The lowest BCUT2D eigenvalue weighted by molar-refractivity contribution is 0.886. The van der Waals surface area contributed by atoms with Crippen LogP contribution in [-0.4, -0.2) is 0 Å². The van der Waals surface area contributed by atoms with Crippen LogP contribution in [0.3, 0.4) is 0 Å². The fourth-order valence-electron chi connectivity index (χ4n) is 0. The zero-order valence-corrected chi connectivity index (χ0v) is 10.1. The lowest BCUT2D eigenvalue weighted by Crippen LogP contribution is -1.47. The molecule has 0 saturated heterocycles. The third kappa shape index (κ3) is 640. The Bertz CT molecular complexity index is 15.6. The van der Waals surface area contributed by atoms with E-state index in [2.05, 4.69) is 27.7 Å². The Labute approximate surface area is 78.4 Å². The van der Waals surface area contributed by atoms with Gasteiger partial charge in [-0.25, -0.2) is 0 Å². The first-order valence-corrected chi connectivity index (χ1v) is 5.33. The van der Waals surface area contributed by atoms with E-state index >= 15 is 0 Å². The molecule has 0 unspecified atom stereocenters. The van der Waals surface area contributed by atoms with E-state index in [1.807, 2.05) is 27.7 Å². The smallest absolute Gasteiger partial charge is 0 e. The van der Waals surface area contributed by atoms with Gasteiger partial charge in [0.15, 0.2) is 0 Å². The Balaban J connectivity index is -0.0000000125. The van der Waals surface area contributed by atoms with Crippen molar-refractivity contribution in [3.05, 3.63) is 0 Å². The second kappa shape index (κ2) is 90.0. The third-order valence-electron chi connectivity index (χ3n) is 0.500. The maximum atomic E-state index is 2.18. The van der Waals surface area contributed by atoms with E-state index in [0.29, 0.717) is 0 Å². The molecule has 0 atom stereocenters. The molecule has 0 heteroatoms. The summed E-state index contributed by atoms with van der Waals surface area (Å²) in [5.41, 5.74) is 0. The first-order chi connectivity index (χ1) is 5.33. The van der Waals surface area contributed by atoms with Crippen LogP contribution < -0.4 is 0 Å². The highest BCUT2D eigenvalue weighted by atomic mass is 13.6. The van der Waals surface area contributed by atoms with Gasteiger partial charge in [0.25, 0.3) is 0 Å². The summed E-state index contributed by atoms with van der Waals surface area (Å²) in [7, 11) is 0. The summed E-state index contributed by atoms with van der Waals surface area (Å²) in [5.74, 6) is 0. The fourth-order valence-corrected chi connectivity index (χ4v) is 0. The van der Waals surface area contributed by atoms with E-state index < -0.39 is 0 Å². The predicted octanol–water partition coefficient (Wildman–Crippen LogP) is 5.77. The number of rotatable bonds is 1. The molecule has 0 aliphatic heterocycles. The largest absolute Gasteiger partial charge is 0.0683 e. The summed E-state index contributed by atoms with van der Waals surface area (Å²) in [6, 6.07) is 0. The first-order valence-electron chi connectivity index (χ1n) is 5.33. The number of hydrogen-bond acceptors (Lipinski definition) is 0. The van der Waals surface area contributed by atoms with Gasteiger partial charge in [0, 0.05) is 2.85 Å². The zero-order valence-electron chi connectivity index (χ0n) is 10.1. The summed E-state index contributed by atoms with van der Waals surface area (Å²) in [4.78, 5) is 0. The van der Waals surface area contributed by atoms with Crippen molar-refractivity contribution < 1.29 is 2.85 Å². The Morgan fingerprint density at radius 3 is 0.727 bits per heavy atom. The van der Waals surface area contributed by atoms with Gasteiger partial charge in [-0.2, -0.15) is 0 Å². The molecule has 0 amide bonds. The molecular formula is C11H34. The van der Waals surface area contributed by atoms with E-state index in [-0.39, 0.29) is 2.85 Å². The van der Waals surface area contributed by atoms with Gasteiger partial charge in [-0.05, 0) is 0 Å². The molecule has 78 valence electrons. The molecule has 0 radical (unpaired) electrons. The minimum absolute atomic E-state index is 0. The van der Waals surface area contributed by atoms with Crippen molar-refractivity contribution in [3.8, 4) is 0 Å². The first kappa shape index (κ1) is 22.4. The fraction of sp³-hybridized carbons (Fsp3) is 1.00. The van der Waals surface area contributed by atoms with Gasteiger partial charge in [0.2, 0.25) is 0 Å². The van der Waals surface area contributed by atoms with Crippen LogP contribution in [0.2, 0.25) is 0 Å². The summed E-state index contributed by atoms with van der Waals surface area (Å²) < 4.78 is 0. The van der Waals surface area contributed by atoms with Gasteiger partial charge >= 0.3 is 0 Å². The average Bonchev–Trinajstić information content (AvgIpc) is 2.12. The van der Waals surface area contributed by atoms with E-state index in [4.69, 9.17) is 0 Å². The third-order valence-corrected chi connectivity index (χ3v) is 0.500. The topological polar surface area (TPSA) is 0 Å². The Hall–Kier alpha value is 0. The molecule has 0 heterocycles. The summed E-state index contributed by atoms with van der Waals surface area (Å²) in [6.07, 6.45) is 3.89. The lowest BCUT2D eigenvalue weighted by Gasteiger charge is -1.68. The van der Waals surface area contributed by atoms with Crippen molar-refractivity contribution in [2.45, 2.75) is 74.7 Å². The summed E-state index contributed by atoms with van der Waals surface area (Å²) in [5, 5.41) is 0. The van der Waals surface area contributed by atoms with E-state index in [1.54, 1.807) is 0 Å². The van der Waals surface area contributed by atoms with Crippen molar-refractivity contribution in [1.82, 2.24) is 0 Å². The second-order valence-electron chi connectivity index (χ2n) is 1.71. The van der Waals surface area contributed by atoms with E-state index in [1.165, 1.54) is 19.3 Å². The van der Waals surface area contributed by atoms with Crippen molar-refractivity contribution >= 4 is 0 Å². The minimum atomic E-state index is 0. The normalized spacial score (nSPS) is 5.45. The van der Waals surface area contributed by atoms with Crippen LogP contribution in [0.1, 0.15) is 77.5 Å². The van der Waals surface area contributed by atoms with Crippen molar-refractivity contribution in [1.29, 1.82) is 0 Å². The maximum Gasteiger partial charge on any atom is 0 e. The molecule has 0 aliphatic rings.